The number of thioether (sulfide) groups is 1. The lowest BCUT2D eigenvalue weighted by Crippen LogP contribution is -2.34. The highest BCUT2D eigenvalue weighted by Gasteiger charge is 2.25. The van der Waals surface area contributed by atoms with Gasteiger partial charge in [-0.3, -0.25) is 4.79 Å². The molecule has 104 valence electrons. The molecule has 2 atom stereocenters. The van der Waals surface area contributed by atoms with Crippen molar-refractivity contribution in [1.29, 1.82) is 0 Å². The fourth-order valence-electron chi connectivity index (χ4n) is 2.45. The number of carbonyl (C=O) groups is 1. The summed E-state index contributed by atoms with van der Waals surface area (Å²) in [5.41, 5.74) is 6.67. The highest BCUT2D eigenvalue weighted by atomic mass is 35.5. The number of anilines is 1. The van der Waals surface area contributed by atoms with Gasteiger partial charge < -0.3 is 11.1 Å². The number of hydrogen-bond acceptors (Lipinski definition) is 3. The Hall–Kier alpha value is -0.710. The molecule has 0 spiro atoms. The maximum Gasteiger partial charge on any atom is 0.227 e. The van der Waals surface area contributed by atoms with Crippen LogP contribution in [0.1, 0.15) is 25.7 Å². The highest BCUT2D eigenvalue weighted by molar-refractivity contribution is 7.98. The fourth-order valence-corrected chi connectivity index (χ4v) is 3.32. The van der Waals surface area contributed by atoms with E-state index in [0.29, 0.717) is 5.02 Å². The van der Waals surface area contributed by atoms with Crippen LogP contribution in [0.2, 0.25) is 5.02 Å². The van der Waals surface area contributed by atoms with Crippen LogP contribution in [-0.2, 0) is 4.79 Å². The normalized spacial score (nSPS) is 23.1. The molecule has 1 aliphatic rings. The molecule has 0 saturated heterocycles. The molecule has 3 N–H and O–H groups in total. The molecule has 5 heteroatoms. The van der Waals surface area contributed by atoms with Crippen molar-refractivity contribution in [2.24, 2.45) is 11.7 Å². The van der Waals surface area contributed by atoms with Crippen LogP contribution in [0.5, 0.6) is 0 Å². The van der Waals surface area contributed by atoms with Gasteiger partial charge in [-0.05, 0) is 43.7 Å². The second-order valence-electron chi connectivity index (χ2n) is 4.96. The molecule has 1 aromatic carbocycles. The van der Waals surface area contributed by atoms with E-state index >= 15 is 0 Å². The third kappa shape index (κ3) is 3.88. The summed E-state index contributed by atoms with van der Waals surface area (Å²) in [5, 5.41) is 3.61. The van der Waals surface area contributed by atoms with Crippen molar-refractivity contribution < 1.29 is 4.79 Å². The van der Waals surface area contributed by atoms with Crippen LogP contribution in [0.15, 0.2) is 23.1 Å². The first kappa shape index (κ1) is 14.7. The summed E-state index contributed by atoms with van der Waals surface area (Å²) in [5.74, 6) is 0.0888. The van der Waals surface area contributed by atoms with Crippen LogP contribution in [0.3, 0.4) is 0 Å². The van der Waals surface area contributed by atoms with E-state index in [0.717, 1.165) is 36.3 Å². The molecule has 1 saturated carbocycles. The molecule has 0 aliphatic heterocycles. The quantitative estimate of drug-likeness (QED) is 0.840. The predicted molar refractivity (Wildman–Crippen MR) is 81.8 cm³/mol. The summed E-state index contributed by atoms with van der Waals surface area (Å²) in [6.45, 7) is 0. The van der Waals surface area contributed by atoms with E-state index in [1.54, 1.807) is 17.8 Å². The minimum absolute atomic E-state index is 0.0303. The number of halogens is 1. The van der Waals surface area contributed by atoms with E-state index in [1.807, 2.05) is 18.4 Å². The Balaban J connectivity index is 2.00. The third-order valence-corrected chi connectivity index (χ3v) is 4.73. The number of carbonyl (C=O) groups excluding carboxylic acids is 1. The molecule has 19 heavy (non-hydrogen) atoms. The SMILES string of the molecule is CSc1ccc(NC(=O)C2CCCC(N)C2)cc1Cl. The van der Waals surface area contributed by atoms with Crippen LogP contribution in [0, 0.1) is 5.92 Å². The Kier molecular flexibility index (Phi) is 5.13. The van der Waals surface area contributed by atoms with Crippen LogP contribution >= 0.6 is 23.4 Å². The first-order valence-corrected chi connectivity index (χ1v) is 8.10. The number of hydrogen-bond donors (Lipinski definition) is 2. The van der Waals surface area contributed by atoms with Gasteiger partial charge in [0.15, 0.2) is 0 Å². The van der Waals surface area contributed by atoms with Crippen LogP contribution in [-0.4, -0.2) is 18.2 Å². The summed E-state index contributed by atoms with van der Waals surface area (Å²) < 4.78 is 0. The summed E-state index contributed by atoms with van der Waals surface area (Å²) in [7, 11) is 0. The van der Waals surface area contributed by atoms with E-state index in [9.17, 15) is 4.79 Å². The van der Waals surface area contributed by atoms with Crippen molar-refractivity contribution in [3.05, 3.63) is 23.2 Å². The maximum atomic E-state index is 12.2. The molecule has 1 fully saturated rings. The maximum absolute atomic E-state index is 12.2. The van der Waals surface area contributed by atoms with E-state index < -0.39 is 0 Å². The van der Waals surface area contributed by atoms with Gasteiger partial charge in [0.25, 0.3) is 0 Å². The van der Waals surface area contributed by atoms with Crippen LogP contribution < -0.4 is 11.1 Å². The molecule has 0 radical (unpaired) electrons. The highest BCUT2D eigenvalue weighted by Crippen LogP contribution is 2.29. The molecule has 0 aromatic heterocycles. The third-order valence-electron chi connectivity index (χ3n) is 3.50. The van der Waals surface area contributed by atoms with Gasteiger partial charge >= 0.3 is 0 Å². The Morgan fingerprint density at radius 1 is 1.47 bits per heavy atom. The summed E-state index contributed by atoms with van der Waals surface area (Å²) in [6.07, 6.45) is 5.74. The van der Waals surface area contributed by atoms with Gasteiger partial charge in [0, 0.05) is 22.5 Å². The van der Waals surface area contributed by atoms with Gasteiger partial charge in [-0.2, -0.15) is 0 Å². The Morgan fingerprint density at radius 3 is 2.89 bits per heavy atom. The lowest BCUT2D eigenvalue weighted by molar-refractivity contribution is -0.120. The van der Waals surface area contributed by atoms with Crippen molar-refractivity contribution >= 4 is 35.0 Å². The van der Waals surface area contributed by atoms with E-state index in [2.05, 4.69) is 5.32 Å². The Labute approximate surface area is 123 Å². The van der Waals surface area contributed by atoms with Gasteiger partial charge in [-0.1, -0.05) is 18.0 Å². The topological polar surface area (TPSA) is 55.1 Å². The van der Waals surface area contributed by atoms with E-state index in [-0.39, 0.29) is 17.9 Å². The van der Waals surface area contributed by atoms with Crippen molar-refractivity contribution in [2.45, 2.75) is 36.6 Å². The number of rotatable bonds is 3. The molecule has 0 heterocycles. The molecular formula is C14H19ClN2OS. The summed E-state index contributed by atoms with van der Waals surface area (Å²) >= 11 is 7.72. The monoisotopic (exact) mass is 298 g/mol. The summed E-state index contributed by atoms with van der Waals surface area (Å²) in [4.78, 5) is 13.2. The molecule has 1 amide bonds. The molecule has 3 nitrogen and oxygen atoms in total. The van der Waals surface area contributed by atoms with Gasteiger partial charge in [-0.25, -0.2) is 0 Å². The number of amides is 1. The Morgan fingerprint density at radius 2 is 2.26 bits per heavy atom. The zero-order valence-corrected chi connectivity index (χ0v) is 12.6. The Bertz CT molecular complexity index is 467. The number of nitrogens with two attached hydrogens (primary N) is 1. The summed E-state index contributed by atoms with van der Waals surface area (Å²) in [6, 6.07) is 5.77. The van der Waals surface area contributed by atoms with Crippen molar-refractivity contribution in [3.63, 3.8) is 0 Å². The first-order chi connectivity index (χ1) is 9.10. The van der Waals surface area contributed by atoms with E-state index in [4.69, 9.17) is 17.3 Å². The van der Waals surface area contributed by atoms with Gasteiger partial charge in [-0.15, -0.1) is 11.8 Å². The lowest BCUT2D eigenvalue weighted by Gasteiger charge is -2.25. The first-order valence-electron chi connectivity index (χ1n) is 6.50. The smallest absolute Gasteiger partial charge is 0.227 e. The minimum atomic E-state index is 0.0303. The average molecular weight is 299 g/mol. The van der Waals surface area contributed by atoms with Gasteiger partial charge in [0.2, 0.25) is 5.91 Å². The minimum Gasteiger partial charge on any atom is -0.328 e. The standard InChI is InChI=1S/C14H19ClN2OS/c1-19-13-6-5-11(8-12(13)15)17-14(18)9-3-2-4-10(16)7-9/h5-6,8-10H,2-4,7,16H2,1H3,(H,17,18). The van der Waals surface area contributed by atoms with Gasteiger partial charge in [0.05, 0.1) is 5.02 Å². The second-order valence-corrected chi connectivity index (χ2v) is 6.22. The van der Waals surface area contributed by atoms with E-state index in [1.165, 1.54) is 0 Å². The predicted octanol–water partition coefficient (Wildman–Crippen LogP) is 3.52. The zero-order valence-electron chi connectivity index (χ0n) is 11.0. The van der Waals surface area contributed by atoms with Gasteiger partial charge in [0.1, 0.15) is 0 Å². The molecule has 1 aromatic rings. The molecule has 1 aliphatic carbocycles. The van der Waals surface area contributed by atoms with Crippen LogP contribution in [0.4, 0.5) is 5.69 Å². The van der Waals surface area contributed by atoms with Crippen molar-refractivity contribution in [3.8, 4) is 0 Å². The molecule has 2 rings (SSSR count). The molecule has 0 bridgehead atoms. The lowest BCUT2D eigenvalue weighted by atomic mass is 9.85. The zero-order chi connectivity index (χ0) is 13.8. The number of nitrogens with one attached hydrogen (secondary N) is 1. The second kappa shape index (κ2) is 6.64. The van der Waals surface area contributed by atoms with Crippen LogP contribution in [0.25, 0.3) is 0 Å². The van der Waals surface area contributed by atoms with Crippen molar-refractivity contribution in [1.82, 2.24) is 0 Å². The number of benzene rings is 1. The average Bonchev–Trinajstić information content (AvgIpc) is 2.39. The largest absolute Gasteiger partial charge is 0.328 e. The molecule has 2 unspecified atom stereocenters. The molecular weight excluding hydrogens is 280 g/mol. The van der Waals surface area contributed by atoms with Crippen molar-refractivity contribution in [2.75, 3.05) is 11.6 Å². The fraction of sp³-hybridized carbons (Fsp3) is 0.500.